The van der Waals surface area contributed by atoms with E-state index < -0.39 is 0 Å². The Hall–Kier alpha value is -0.380. The summed E-state index contributed by atoms with van der Waals surface area (Å²) >= 11 is 1.83. The van der Waals surface area contributed by atoms with Gasteiger partial charge in [-0.3, -0.25) is 4.90 Å². The lowest BCUT2D eigenvalue weighted by Gasteiger charge is -2.16. The van der Waals surface area contributed by atoms with Crippen LogP contribution >= 0.6 is 11.3 Å². The molecule has 1 unspecified atom stereocenters. The molecule has 2 heterocycles. The molecule has 0 radical (unpaired) electrons. The summed E-state index contributed by atoms with van der Waals surface area (Å²) in [7, 11) is 0. The molecule has 0 amide bonds. The molecular weight excluding hydrogens is 240 g/mol. The van der Waals surface area contributed by atoms with Crippen LogP contribution in [0.3, 0.4) is 0 Å². The second kappa shape index (κ2) is 6.69. The summed E-state index contributed by atoms with van der Waals surface area (Å²) in [5.74, 6) is 1.61. The predicted molar refractivity (Wildman–Crippen MR) is 80.1 cm³/mol. The molecule has 18 heavy (non-hydrogen) atoms. The Morgan fingerprint density at radius 2 is 2.28 bits per heavy atom. The van der Waals surface area contributed by atoms with Gasteiger partial charge in [0.25, 0.3) is 0 Å². The van der Waals surface area contributed by atoms with Gasteiger partial charge in [-0.2, -0.15) is 11.3 Å². The zero-order valence-corrected chi connectivity index (χ0v) is 12.7. The molecule has 1 aliphatic rings. The first-order valence-electron chi connectivity index (χ1n) is 7.10. The Morgan fingerprint density at radius 1 is 1.44 bits per heavy atom. The highest BCUT2D eigenvalue weighted by Gasteiger charge is 2.22. The van der Waals surface area contributed by atoms with Gasteiger partial charge in [-0.25, -0.2) is 0 Å². The molecule has 1 aromatic heterocycles. The molecule has 0 aliphatic carbocycles. The molecule has 1 atom stereocenters. The highest BCUT2D eigenvalue weighted by atomic mass is 32.1. The molecule has 102 valence electrons. The van der Waals surface area contributed by atoms with Crippen LogP contribution in [0.2, 0.25) is 0 Å². The lowest BCUT2D eigenvalue weighted by molar-refractivity contribution is 0.313. The van der Waals surface area contributed by atoms with E-state index in [0.717, 1.165) is 24.9 Å². The maximum absolute atomic E-state index is 3.59. The molecule has 1 fully saturated rings. The Bertz CT molecular complexity index is 359. The van der Waals surface area contributed by atoms with E-state index in [1.807, 2.05) is 11.3 Å². The Balaban J connectivity index is 1.70. The van der Waals surface area contributed by atoms with Crippen LogP contribution in [0, 0.1) is 18.8 Å². The smallest absolute Gasteiger partial charge is 0.0244 e. The second-order valence-electron chi connectivity index (χ2n) is 6.02. The SMILES string of the molecule is Cc1cscc1CN1CCC(CNCC(C)C)C1. The summed E-state index contributed by atoms with van der Waals surface area (Å²) in [5, 5.41) is 8.16. The average molecular weight is 266 g/mol. The van der Waals surface area contributed by atoms with Gasteiger partial charge < -0.3 is 5.32 Å². The third kappa shape index (κ3) is 4.08. The van der Waals surface area contributed by atoms with Crippen LogP contribution < -0.4 is 5.32 Å². The Labute approximate surface area is 115 Å². The van der Waals surface area contributed by atoms with Crippen molar-refractivity contribution in [2.24, 2.45) is 11.8 Å². The number of nitrogens with one attached hydrogen (secondary N) is 1. The van der Waals surface area contributed by atoms with Crippen molar-refractivity contribution in [3.8, 4) is 0 Å². The first-order valence-corrected chi connectivity index (χ1v) is 8.04. The third-order valence-corrected chi connectivity index (χ3v) is 4.62. The second-order valence-corrected chi connectivity index (χ2v) is 6.77. The van der Waals surface area contributed by atoms with Crippen LogP contribution in [0.15, 0.2) is 10.8 Å². The normalized spacial score (nSPS) is 21.0. The van der Waals surface area contributed by atoms with Gasteiger partial charge in [0.2, 0.25) is 0 Å². The van der Waals surface area contributed by atoms with Gasteiger partial charge in [-0.1, -0.05) is 13.8 Å². The van der Waals surface area contributed by atoms with Crippen molar-refractivity contribution in [3.63, 3.8) is 0 Å². The molecule has 3 heteroatoms. The van der Waals surface area contributed by atoms with Crippen LogP contribution in [0.1, 0.15) is 31.4 Å². The van der Waals surface area contributed by atoms with Gasteiger partial charge in [0.15, 0.2) is 0 Å². The molecule has 2 rings (SSSR count). The van der Waals surface area contributed by atoms with Crippen molar-refractivity contribution in [2.45, 2.75) is 33.7 Å². The van der Waals surface area contributed by atoms with Crippen LogP contribution in [0.5, 0.6) is 0 Å². The van der Waals surface area contributed by atoms with Crippen LogP contribution in [-0.2, 0) is 6.54 Å². The fourth-order valence-corrected chi connectivity index (χ4v) is 3.44. The first kappa shape index (κ1) is 14.0. The largest absolute Gasteiger partial charge is 0.316 e. The number of rotatable bonds is 6. The van der Waals surface area contributed by atoms with Crippen molar-refractivity contribution in [1.82, 2.24) is 10.2 Å². The molecule has 1 saturated heterocycles. The van der Waals surface area contributed by atoms with Gasteiger partial charge in [0, 0.05) is 13.1 Å². The summed E-state index contributed by atoms with van der Waals surface area (Å²) < 4.78 is 0. The molecule has 0 saturated carbocycles. The Kier molecular flexibility index (Phi) is 5.22. The maximum atomic E-state index is 3.59. The Morgan fingerprint density at radius 3 is 2.94 bits per heavy atom. The number of nitrogens with zero attached hydrogens (tertiary/aromatic N) is 1. The van der Waals surface area contributed by atoms with E-state index in [4.69, 9.17) is 0 Å². The minimum Gasteiger partial charge on any atom is -0.316 e. The van der Waals surface area contributed by atoms with Gasteiger partial charge in [0.1, 0.15) is 0 Å². The summed E-state index contributed by atoms with van der Waals surface area (Å²) in [6.45, 7) is 12.8. The molecule has 2 nitrogen and oxygen atoms in total. The van der Waals surface area contributed by atoms with Crippen molar-refractivity contribution < 1.29 is 0 Å². The zero-order chi connectivity index (χ0) is 13.0. The molecule has 0 aromatic carbocycles. The van der Waals surface area contributed by atoms with Gasteiger partial charge in [-0.15, -0.1) is 0 Å². The average Bonchev–Trinajstić information content (AvgIpc) is 2.90. The number of thiophene rings is 1. The number of hydrogen-bond acceptors (Lipinski definition) is 3. The highest BCUT2D eigenvalue weighted by molar-refractivity contribution is 7.08. The molecule has 1 aromatic rings. The summed E-state index contributed by atoms with van der Waals surface area (Å²) in [4.78, 5) is 2.61. The van der Waals surface area contributed by atoms with Crippen LogP contribution in [0.25, 0.3) is 0 Å². The van der Waals surface area contributed by atoms with E-state index in [-0.39, 0.29) is 0 Å². The molecule has 0 bridgehead atoms. The molecular formula is C15H26N2S. The lowest BCUT2D eigenvalue weighted by atomic mass is 10.1. The van der Waals surface area contributed by atoms with E-state index in [1.165, 1.54) is 37.2 Å². The van der Waals surface area contributed by atoms with E-state index >= 15 is 0 Å². The van der Waals surface area contributed by atoms with Crippen molar-refractivity contribution in [1.29, 1.82) is 0 Å². The predicted octanol–water partition coefficient (Wildman–Crippen LogP) is 3.12. The zero-order valence-electron chi connectivity index (χ0n) is 11.9. The standard InChI is InChI=1S/C15H26N2S/c1-12(2)6-16-7-14-4-5-17(8-14)9-15-11-18-10-13(15)3/h10-12,14,16H,4-9H2,1-3H3. The van der Waals surface area contributed by atoms with E-state index in [2.05, 4.69) is 41.7 Å². The fourth-order valence-electron chi connectivity index (χ4n) is 2.59. The number of likely N-dealkylation sites (tertiary alicyclic amines) is 1. The van der Waals surface area contributed by atoms with E-state index in [0.29, 0.717) is 0 Å². The first-order chi connectivity index (χ1) is 8.65. The van der Waals surface area contributed by atoms with E-state index in [1.54, 1.807) is 0 Å². The van der Waals surface area contributed by atoms with Gasteiger partial charge in [-0.05, 0) is 66.7 Å². The topological polar surface area (TPSA) is 15.3 Å². The minimum absolute atomic E-state index is 0.760. The highest BCUT2D eigenvalue weighted by Crippen LogP contribution is 2.21. The number of hydrogen-bond donors (Lipinski definition) is 1. The van der Waals surface area contributed by atoms with Crippen molar-refractivity contribution >= 4 is 11.3 Å². The van der Waals surface area contributed by atoms with Crippen LogP contribution in [-0.4, -0.2) is 31.1 Å². The van der Waals surface area contributed by atoms with E-state index in [9.17, 15) is 0 Å². The third-order valence-electron chi connectivity index (χ3n) is 3.71. The van der Waals surface area contributed by atoms with Crippen LogP contribution in [0.4, 0.5) is 0 Å². The van der Waals surface area contributed by atoms with Gasteiger partial charge >= 0.3 is 0 Å². The summed E-state index contributed by atoms with van der Waals surface area (Å²) in [5.41, 5.74) is 2.98. The van der Waals surface area contributed by atoms with Gasteiger partial charge in [0.05, 0.1) is 0 Å². The molecule has 0 spiro atoms. The maximum Gasteiger partial charge on any atom is 0.0244 e. The molecule has 1 N–H and O–H groups in total. The number of aryl methyl sites for hydroxylation is 1. The minimum atomic E-state index is 0.760. The monoisotopic (exact) mass is 266 g/mol. The molecule has 1 aliphatic heterocycles. The quantitative estimate of drug-likeness (QED) is 0.851. The van der Waals surface area contributed by atoms with Crippen molar-refractivity contribution in [2.75, 3.05) is 26.2 Å². The lowest BCUT2D eigenvalue weighted by Crippen LogP contribution is -2.28. The fraction of sp³-hybridized carbons (Fsp3) is 0.733. The summed E-state index contributed by atoms with van der Waals surface area (Å²) in [6, 6.07) is 0. The summed E-state index contributed by atoms with van der Waals surface area (Å²) in [6.07, 6.45) is 1.36. The van der Waals surface area contributed by atoms with Crippen molar-refractivity contribution in [3.05, 3.63) is 21.9 Å².